The van der Waals surface area contributed by atoms with E-state index >= 15 is 0 Å². The molecule has 11 heteroatoms. The van der Waals surface area contributed by atoms with Gasteiger partial charge in [-0.25, -0.2) is 9.80 Å². The number of carbonyl (C=O) groups is 5. The molecule has 0 saturated heterocycles. The lowest BCUT2D eigenvalue weighted by Gasteiger charge is -2.24. The molecule has 0 unspecified atom stereocenters. The lowest BCUT2D eigenvalue weighted by Crippen LogP contribution is -2.56. The topological polar surface area (TPSA) is 160 Å². The summed E-state index contributed by atoms with van der Waals surface area (Å²) in [5, 5.41) is 5.50. The van der Waals surface area contributed by atoms with Gasteiger partial charge in [-0.3, -0.25) is 24.6 Å². The Morgan fingerprint density at radius 3 is 2.24 bits per heavy atom. The summed E-state index contributed by atoms with van der Waals surface area (Å²) in [5.74, 6) is -2.95. The van der Waals surface area contributed by atoms with Crippen LogP contribution >= 0.6 is 0 Å². The Hall–Kier alpha value is -4.15. The second-order valence-corrected chi connectivity index (χ2v) is 6.91. The van der Waals surface area contributed by atoms with Crippen molar-refractivity contribution in [2.24, 2.45) is 5.73 Å². The Labute approximate surface area is 192 Å². The van der Waals surface area contributed by atoms with Gasteiger partial charge in [0.1, 0.15) is 25.2 Å². The summed E-state index contributed by atoms with van der Waals surface area (Å²) in [6.45, 7) is 4.01. The van der Waals surface area contributed by atoms with Crippen molar-refractivity contribution in [3.05, 3.63) is 60.2 Å². The fraction of sp³-hybridized carbons (Fsp3) is 0.318. The molecule has 0 aliphatic carbocycles. The van der Waals surface area contributed by atoms with Crippen LogP contribution in [0.5, 0.6) is 0 Å². The number of nitrogens with two attached hydrogens (primary N) is 1. The summed E-state index contributed by atoms with van der Waals surface area (Å²) >= 11 is 0. The van der Waals surface area contributed by atoms with Gasteiger partial charge in [0, 0.05) is 6.08 Å². The van der Waals surface area contributed by atoms with Crippen LogP contribution in [-0.4, -0.2) is 53.4 Å². The van der Waals surface area contributed by atoms with Crippen LogP contribution in [0.2, 0.25) is 0 Å². The van der Waals surface area contributed by atoms with Crippen molar-refractivity contribution in [1.29, 1.82) is 0 Å². The summed E-state index contributed by atoms with van der Waals surface area (Å²) in [6, 6.07) is 6.90. The predicted octanol–water partition coefficient (Wildman–Crippen LogP) is 0.283. The van der Waals surface area contributed by atoms with Crippen LogP contribution in [0.1, 0.15) is 26.3 Å². The zero-order valence-electron chi connectivity index (χ0n) is 18.7. The highest BCUT2D eigenvalue weighted by Gasteiger charge is 2.24. The fourth-order valence-corrected chi connectivity index (χ4v) is 2.31. The Bertz CT molecular complexity index is 900. The molecule has 0 bridgehead atoms. The molecule has 0 aliphatic heterocycles. The number of hydrazine groups is 1. The average Bonchev–Trinajstić information content (AvgIpc) is 2.77. The van der Waals surface area contributed by atoms with Gasteiger partial charge in [-0.15, -0.1) is 0 Å². The van der Waals surface area contributed by atoms with Crippen LogP contribution in [0, 0.1) is 0 Å². The van der Waals surface area contributed by atoms with E-state index in [2.05, 4.69) is 16.1 Å². The third kappa shape index (κ3) is 10.6. The molecule has 0 aliphatic rings. The first-order valence-corrected chi connectivity index (χ1v) is 10.1. The first-order chi connectivity index (χ1) is 15.6. The Morgan fingerprint density at radius 2 is 1.64 bits per heavy atom. The summed E-state index contributed by atoms with van der Waals surface area (Å²) in [6.07, 6.45) is 5.04. The Kier molecular flexibility index (Phi) is 11.4. The largest absolute Gasteiger partial charge is 0.445 e. The van der Waals surface area contributed by atoms with E-state index in [1.54, 1.807) is 43.3 Å². The Morgan fingerprint density at radius 1 is 1.00 bits per heavy atom. The smallest absolute Gasteiger partial charge is 0.408 e. The summed E-state index contributed by atoms with van der Waals surface area (Å²) in [7, 11) is 0. The molecule has 11 nitrogen and oxygen atoms in total. The lowest BCUT2D eigenvalue weighted by atomic mass is 10.2. The summed E-state index contributed by atoms with van der Waals surface area (Å²) < 4.78 is 5.05. The van der Waals surface area contributed by atoms with E-state index in [-0.39, 0.29) is 6.61 Å². The maximum absolute atomic E-state index is 12.4. The number of alkyl carbamates (subject to hydrolysis) is 1. The summed E-state index contributed by atoms with van der Waals surface area (Å²) in [4.78, 5) is 60.0. The van der Waals surface area contributed by atoms with E-state index in [0.29, 0.717) is 0 Å². The number of rotatable bonds is 10. The SMILES string of the molecule is C/C=C/C=C/C(=O)N(CC(N)=O)NC(=O)[C@H](C)NC(=O)[C@H](C)NC(=O)OCc1ccccc1. The zero-order chi connectivity index (χ0) is 24.8. The van der Waals surface area contributed by atoms with Crippen LogP contribution in [0.15, 0.2) is 54.6 Å². The molecule has 0 spiro atoms. The van der Waals surface area contributed by atoms with E-state index in [4.69, 9.17) is 10.5 Å². The van der Waals surface area contributed by atoms with E-state index in [0.717, 1.165) is 16.6 Å². The molecule has 1 aromatic carbocycles. The first kappa shape index (κ1) is 26.9. The normalized spacial score (nSPS) is 12.6. The average molecular weight is 460 g/mol. The van der Waals surface area contributed by atoms with E-state index in [9.17, 15) is 24.0 Å². The zero-order valence-corrected chi connectivity index (χ0v) is 18.7. The monoisotopic (exact) mass is 459 g/mol. The van der Waals surface area contributed by atoms with Gasteiger partial charge in [0.2, 0.25) is 11.8 Å². The molecule has 0 saturated carbocycles. The molecule has 5 N–H and O–H groups in total. The molecule has 2 atom stereocenters. The number of allylic oxidation sites excluding steroid dienone is 3. The van der Waals surface area contributed by atoms with Crippen LogP contribution in [-0.2, 0) is 30.5 Å². The van der Waals surface area contributed by atoms with Crippen molar-refractivity contribution in [2.45, 2.75) is 39.5 Å². The Balaban J connectivity index is 2.58. The molecular formula is C22H29N5O6. The van der Waals surface area contributed by atoms with Crippen molar-refractivity contribution < 1.29 is 28.7 Å². The van der Waals surface area contributed by atoms with E-state index in [1.807, 2.05) is 6.07 Å². The van der Waals surface area contributed by atoms with Crippen molar-refractivity contribution in [3.63, 3.8) is 0 Å². The van der Waals surface area contributed by atoms with E-state index < -0.39 is 48.4 Å². The van der Waals surface area contributed by atoms with Crippen LogP contribution in [0.25, 0.3) is 0 Å². The predicted molar refractivity (Wildman–Crippen MR) is 120 cm³/mol. The molecule has 0 radical (unpaired) electrons. The van der Waals surface area contributed by atoms with Crippen LogP contribution in [0.4, 0.5) is 4.79 Å². The lowest BCUT2D eigenvalue weighted by molar-refractivity contribution is -0.142. The van der Waals surface area contributed by atoms with Gasteiger partial charge < -0.3 is 21.1 Å². The number of carbonyl (C=O) groups excluding carboxylic acids is 5. The molecule has 0 fully saturated rings. The molecule has 0 aromatic heterocycles. The van der Waals surface area contributed by atoms with Gasteiger partial charge in [-0.05, 0) is 26.3 Å². The molecular weight excluding hydrogens is 430 g/mol. The van der Waals surface area contributed by atoms with Crippen LogP contribution in [0.3, 0.4) is 0 Å². The van der Waals surface area contributed by atoms with Gasteiger partial charge >= 0.3 is 6.09 Å². The molecule has 178 valence electrons. The number of nitrogens with zero attached hydrogens (tertiary/aromatic N) is 1. The highest BCUT2D eigenvalue weighted by Crippen LogP contribution is 2.01. The first-order valence-electron chi connectivity index (χ1n) is 10.1. The van der Waals surface area contributed by atoms with Gasteiger partial charge in [-0.1, -0.05) is 48.6 Å². The highest BCUT2D eigenvalue weighted by atomic mass is 16.5. The van der Waals surface area contributed by atoms with Gasteiger partial charge in [0.05, 0.1) is 0 Å². The van der Waals surface area contributed by atoms with Gasteiger partial charge in [0.15, 0.2) is 0 Å². The number of benzene rings is 1. The minimum absolute atomic E-state index is 0.0338. The number of nitrogens with one attached hydrogen (secondary N) is 3. The molecule has 0 heterocycles. The molecule has 5 amide bonds. The van der Waals surface area contributed by atoms with Gasteiger partial charge in [-0.2, -0.15) is 0 Å². The maximum atomic E-state index is 12.4. The standard InChI is InChI=1S/C22H29N5O6/c1-4-5-7-12-19(29)27(13-18(23)28)26-21(31)16(3)24-20(30)15(2)25-22(32)33-14-17-10-8-6-9-11-17/h4-12,15-16H,13-14H2,1-3H3,(H2,23,28)(H,24,30)(H,25,32)(H,26,31)/b5-4+,12-7+/t15-,16-/m0/s1. The molecule has 1 rings (SSSR count). The third-order valence-corrected chi connectivity index (χ3v) is 4.06. The van der Waals surface area contributed by atoms with E-state index in [1.165, 1.54) is 19.9 Å². The van der Waals surface area contributed by atoms with Crippen LogP contribution < -0.4 is 21.8 Å². The second-order valence-electron chi connectivity index (χ2n) is 6.91. The molecule has 1 aromatic rings. The third-order valence-electron chi connectivity index (χ3n) is 4.06. The van der Waals surface area contributed by atoms with Crippen molar-refractivity contribution in [3.8, 4) is 0 Å². The van der Waals surface area contributed by atoms with Crippen molar-refractivity contribution >= 4 is 29.7 Å². The number of ether oxygens (including phenoxy) is 1. The minimum Gasteiger partial charge on any atom is -0.445 e. The van der Waals surface area contributed by atoms with Gasteiger partial charge in [0.25, 0.3) is 11.8 Å². The quantitative estimate of drug-likeness (QED) is 0.223. The number of amides is 5. The highest BCUT2D eigenvalue weighted by molar-refractivity contribution is 5.95. The maximum Gasteiger partial charge on any atom is 0.408 e. The fourth-order valence-electron chi connectivity index (χ4n) is 2.31. The minimum atomic E-state index is -1.09. The number of hydrogen-bond acceptors (Lipinski definition) is 6. The second kappa shape index (κ2) is 14.0. The van der Waals surface area contributed by atoms with Crippen molar-refractivity contribution in [2.75, 3.05) is 6.54 Å². The number of hydrogen-bond donors (Lipinski definition) is 4. The molecule has 33 heavy (non-hydrogen) atoms. The van der Waals surface area contributed by atoms with Crippen molar-refractivity contribution in [1.82, 2.24) is 21.1 Å². The summed E-state index contributed by atoms with van der Waals surface area (Å²) in [5.41, 5.74) is 8.15. The number of primary amides is 1.